The maximum absolute atomic E-state index is 11.4. The topological polar surface area (TPSA) is 86.7 Å². The van der Waals surface area contributed by atoms with Crippen molar-refractivity contribution in [2.75, 3.05) is 13.7 Å². The van der Waals surface area contributed by atoms with Crippen LogP contribution in [-0.4, -0.2) is 40.4 Å². The molecule has 1 saturated heterocycles. The first kappa shape index (κ1) is 17.1. The van der Waals surface area contributed by atoms with Crippen molar-refractivity contribution >= 4 is 17.7 Å². The van der Waals surface area contributed by atoms with E-state index < -0.39 is 5.97 Å². The van der Waals surface area contributed by atoms with Gasteiger partial charge in [0.15, 0.2) is 5.16 Å². The largest absolute Gasteiger partial charge is 0.463 e. The quantitative estimate of drug-likeness (QED) is 0.604. The molecule has 0 spiro atoms. The Bertz CT molecular complexity index is 690. The van der Waals surface area contributed by atoms with Crippen molar-refractivity contribution in [3.8, 4) is 0 Å². The number of thioether (sulfide) groups is 1. The fourth-order valence-corrected chi connectivity index (χ4v) is 3.52. The van der Waals surface area contributed by atoms with E-state index in [1.54, 1.807) is 18.3 Å². The molecule has 1 fully saturated rings. The first-order valence-corrected chi connectivity index (χ1v) is 8.76. The summed E-state index contributed by atoms with van der Waals surface area (Å²) in [6.45, 7) is 1.41. The Kier molecular flexibility index (Phi) is 5.60. The van der Waals surface area contributed by atoms with Gasteiger partial charge in [0, 0.05) is 6.61 Å². The van der Waals surface area contributed by atoms with Gasteiger partial charge in [-0.3, -0.25) is 0 Å². The van der Waals surface area contributed by atoms with Crippen molar-refractivity contribution in [2.45, 2.75) is 43.0 Å². The van der Waals surface area contributed by atoms with E-state index in [0.717, 1.165) is 30.3 Å². The molecule has 1 atom stereocenters. The number of nitrogens with zero attached hydrogens (tertiary/aromatic N) is 2. The van der Waals surface area contributed by atoms with E-state index >= 15 is 0 Å². The highest BCUT2D eigenvalue weighted by atomic mass is 32.2. The molecule has 0 aliphatic carbocycles. The average molecular weight is 352 g/mol. The first-order chi connectivity index (χ1) is 11.7. The Balaban J connectivity index is 1.67. The molecule has 3 rings (SSSR count). The van der Waals surface area contributed by atoms with Crippen molar-refractivity contribution in [1.29, 1.82) is 0 Å². The van der Waals surface area contributed by atoms with Crippen LogP contribution in [0.1, 0.15) is 34.9 Å². The van der Waals surface area contributed by atoms with Crippen LogP contribution in [0.5, 0.6) is 0 Å². The van der Waals surface area contributed by atoms with Gasteiger partial charge in [0.05, 0.1) is 44.0 Å². The SMILES string of the molecule is COC(=O)c1ccc(CSc2ncc(CO)n2CC2CCCO2)o1. The molecule has 1 N–H and O–H groups in total. The number of aliphatic hydroxyl groups is 1. The van der Waals surface area contributed by atoms with Crippen LogP contribution in [0.4, 0.5) is 0 Å². The second-order valence-electron chi connectivity index (χ2n) is 5.48. The van der Waals surface area contributed by atoms with Crippen molar-refractivity contribution in [3.63, 3.8) is 0 Å². The molecule has 0 amide bonds. The molecule has 1 aliphatic rings. The van der Waals surface area contributed by atoms with Crippen LogP contribution in [0.15, 0.2) is 27.9 Å². The first-order valence-electron chi connectivity index (χ1n) is 7.78. The van der Waals surface area contributed by atoms with E-state index in [-0.39, 0.29) is 18.5 Å². The van der Waals surface area contributed by atoms with E-state index in [0.29, 0.717) is 18.1 Å². The highest BCUT2D eigenvalue weighted by Crippen LogP contribution is 2.26. The third-order valence-electron chi connectivity index (χ3n) is 3.87. The second kappa shape index (κ2) is 7.87. The molecule has 7 nitrogen and oxygen atoms in total. The van der Waals surface area contributed by atoms with Crippen molar-refractivity contribution in [1.82, 2.24) is 9.55 Å². The minimum atomic E-state index is -0.492. The summed E-state index contributed by atoms with van der Waals surface area (Å²) in [5.41, 5.74) is 0.766. The van der Waals surface area contributed by atoms with Gasteiger partial charge in [-0.15, -0.1) is 0 Å². The third kappa shape index (κ3) is 3.82. The molecule has 8 heteroatoms. The number of imidazole rings is 1. The van der Waals surface area contributed by atoms with Gasteiger partial charge in [0.2, 0.25) is 5.76 Å². The van der Waals surface area contributed by atoms with E-state index in [4.69, 9.17) is 9.15 Å². The van der Waals surface area contributed by atoms with Gasteiger partial charge < -0.3 is 23.6 Å². The van der Waals surface area contributed by atoms with Gasteiger partial charge >= 0.3 is 5.97 Å². The van der Waals surface area contributed by atoms with Crippen LogP contribution in [0.3, 0.4) is 0 Å². The summed E-state index contributed by atoms with van der Waals surface area (Å²) < 4.78 is 17.8. The lowest BCUT2D eigenvalue weighted by Gasteiger charge is -2.14. The van der Waals surface area contributed by atoms with Crippen LogP contribution < -0.4 is 0 Å². The zero-order chi connectivity index (χ0) is 16.9. The molecule has 2 aromatic rings. The summed E-state index contributed by atoms with van der Waals surface area (Å²) in [4.78, 5) is 15.8. The predicted octanol–water partition coefficient (Wildman–Crippen LogP) is 2.23. The zero-order valence-corrected chi connectivity index (χ0v) is 14.3. The maximum Gasteiger partial charge on any atom is 0.373 e. The molecule has 0 saturated carbocycles. The fraction of sp³-hybridized carbons (Fsp3) is 0.500. The standard InChI is InChI=1S/C16H20N2O5S/c1-21-15(20)14-5-4-13(23-14)10-24-16-17-7-11(9-19)18(16)8-12-3-2-6-22-12/h4-5,7,12,19H,2-3,6,8-10H2,1H3. The molecule has 0 radical (unpaired) electrons. The number of methoxy groups -OCH3 is 1. The average Bonchev–Trinajstić information content (AvgIpc) is 3.34. The lowest BCUT2D eigenvalue weighted by Crippen LogP contribution is -2.17. The molecule has 1 unspecified atom stereocenters. The van der Waals surface area contributed by atoms with E-state index in [1.165, 1.54) is 18.9 Å². The third-order valence-corrected chi connectivity index (χ3v) is 4.88. The number of hydrogen-bond acceptors (Lipinski definition) is 7. The van der Waals surface area contributed by atoms with Gasteiger partial charge in [0.25, 0.3) is 0 Å². The molecule has 3 heterocycles. The summed E-state index contributed by atoms with van der Waals surface area (Å²) in [6.07, 6.45) is 3.94. The number of ether oxygens (including phenoxy) is 2. The maximum atomic E-state index is 11.4. The number of rotatable bonds is 7. The molecule has 24 heavy (non-hydrogen) atoms. The Morgan fingerprint density at radius 3 is 3.12 bits per heavy atom. The van der Waals surface area contributed by atoms with Gasteiger partial charge in [0.1, 0.15) is 5.76 Å². The smallest absolute Gasteiger partial charge is 0.373 e. The van der Waals surface area contributed by atoms with E-state index in [2.05, 4.69) is 9.72 Å². The summed E-state index contributed by atoms with van der Waals surface area (Å²) >= 11 is 1.49. The van der Waals surface area contributed by atoms with Crippen LogP contribution in [0.2, 0.25) is 0 Å². The summed E-state index contributed by atoms with van der Waals surface area (Å²) in [5, 5.41) is 10.3. The lowest BCUT2D eigenvalue weighted by atomic mass is 10.2. The van der Waals surface area contributed by atoms with Gasteiger partial charge in [-0.1, -0.05) is 11.8 Å². The normalized spacial score (nSPS) is 17.3. The van der Waals surface area contributed by atoms with E-state index in [9.17, 15) is 9.90 Å². The molecular formula is C16H20N2O5S. The molecule has 130 valence electrons. The Morgan fingerprint density at radius 2 is 2.42 bits per heavy atom. The Labute approximate surface area is 144 Å². The Morgan fingerprint density at radius 1 is 1.54 bits per heavy atom. The molecular weight excluding hydrogens is 332 g/mol. The van der Waals surface area contributed by atoms with Crippen molar-refractivity contribution < 1.29 is 23.8 Å². The number of carbonyl (C=O) groups is 1. The zero-order valence-electron chi connectivity index (χ0n) is 13.4. The number of furan rings is 1. The summed E-state index contributed by atoms with van der Waals surface area (Å²) in [5.74, 6) is 0.892. The molecule has 0 aromatic carbocycles. The number of carbonyl (C=O) groups excluding carboxylic acids is 1. The number of aromatic nitrogens is 2. The summed E-state index contributed by atoms with van der Waals surface area (Å²) in [6, 6.07) is 3.35. The highest BCUT2D eigenvalue weighted by Gasteiger charge is 2.20. The molecule has 2 aromatic heterocycles. The van der Waals surface area contributed by atoms with E-state index in [1.807, 2.05) is 4.57 Å². The number of hydrogen-bond donors (Lipinski definition) is 1. The second-order valence-corrected chi connectivity index (χ2v) is 6.42. The van der Waals surface area contributed by atoms with Crippen LogP contribution in [0.25, 0.3) is 0 Å². The fourth-order valence-electron chi connectivity index (χ4n) is 2.62. The molecule has 1 aliphatic heterocycles. The van der Waals surface area contributed by atoms with Crippen LogP contribution in [0, 0.1) is 0 Å². The Hall–Kier alpha value is -1.77. The van der Waals surface area contributed by atoms with Gasteiger partial charge in [-0.25, -0.2) is 9.78 Å². The number of aliphatic hydroxyl groups excluding tert-OH is 1. The minimum Gasteiger partial charge on any atom is -0.463 e. The lowest BCUT2D eigenvalue weighted by molar-refractivity contribution is 0.0563. The number of esters is 1. The molecule has 0 bridgehead atoms. The monoisotopic (exact) mass is 352 g/mol. The van der Waals surface area contributed by atoms with Crippen LogP contribution in [-0.2, 0) is 28.4 Å². The van der Waals surface area contributed by atoms with Crippen molar-refractivity contribution in [3.05, 3.63) is 35.5 Å². The van der Waals surface area contributed by atoms with Gasteiger partial charge in [-0.05, 0) is 25.0 Å². The van der Waals surface area contributed by atoms with Crippen LogP contribution >= 0.6 is 11.8 Å². The minimum absolute atomic E-state index is 0.0620. The summed E-state index contributed by atoms with van der Waals surface area (Å²) in [7, 11) is 1.32. The van der Waals surface area contributed by atoms with Gasteiger partial charge in [-0.2, -0.15) is 0 Å². The van der Waals surface area contributed by atoms with Crippen molar-refractivity contribution in [2.24, 2.45) is 0 Å². The highest BCUT2D eigenvalue weighted by molar-refractivity contribution is 7.98. The predicted molar refractivity (Wildman–Crippen MR) is 86.7 cm³/mol.